The van der Waals surface area contributed by atoms with Crippen molar-refractivity contribution in [3.8, 4) is 0 Å². The summed E-state index contributed by atoms with van der Waals surface area (Å²) in [4.78, 5) is 25.7. The lowest BCUT2D eigenvalue weighted by molar-refractivity contribution is -0.134. The molecule has 1 atom stereocenters. The summed E-state index contributed by atoms with van der Waals surface area (Å²) in [5.74, 6) is -1.59. The van der Waals surface area contributed by atoms with E-state index in [0.29, 0.717) is 6.42 Å². The van der Waals surface area contributed by atoms with Crippen molar-refractivity contribution in [1.82, 2.24) is 9.62 Å². The Hall–Kier alpha value is -2.47. The highest BCUT2D eigenvalue weighted by Crippen LogP contribution is 2.23. The minimum absolute atomic E-state index is 0.00933. The van der Waals surface area contributed by atoms with E-state index in [9.17, 15) is 26.4 Å². The van der Waals surface area contributed by atoms with Crippen molar-refractivity contribution in [2.75, 3.05) is 25.2 Å². The zero-order valence-electron chi connectivity index (χ0n) is 17.7. The molecule has 2 aromatic carbocycles. The lowest BCUT2D eigenvalue weighted by atomic mass is 10.2. The Morgan fingerprint density at radius 1 is 1.18 bits per heavy atom. The molecule has 0 bridgehead atoms. The molecule has 12 heteroatoms. The predicted octanol–water partition coefficient (Wildman–Crippen LogP) is 1.62. The van der Waals surface area contributed by atoms with Gasteiger partial charge in [0.05, 0.1) is 22.1 Å². The largest absolute Gasteiger partial charge is 0.452 e. The van der Waals surface area contributed by atoms with Gasteiger partial charge in [0, 0.05) is 19.6 Å². The van der Waals surface area contributed by atoms with Crippen LogP contribution >= 0.6 is 11.6 Å². The molecule has 0 saturated carbocycles. The lowest BCUT2D eigenvalue weighted by Gasteiger charge is -2.23. The molecule has 0 radical (unpaired) electrons. The number of carbonyl (C=O) groups excluding carboxylic acids is 2. The second kappa shape index (κ2) is 10.2. The lowest BCUT2D eigenvalue weighted by Crippen LogP contribution is -2.40. The van der Waals surface area contributed by atoms with E-state index in [4.69, 9.17) is 16.3 Å². The van der Waals surface area contributed by atoms with Gasteiger partial charge in [0.1, 0.15) is 4.90 Å². The fourth-order valence-electron chi connectivity index (χ4n) is 3.29. The topological polar surface area (TPSA) is 127 Å². The zero-order valence-corrected chi connectivity index (χ0v) is 20.1. The van der Waals surface area contributed by atoms with E-state index in [2.05, 4.69) is 4.72 Å². The van der Waals surface area contributed by atoms with Crippen molar-refractivity contribution in [3.05, 3.63) is 64.7 Å². The van der Waals surface area contributed by atoms with Crippen LogP contribution in [-0.4, -0.2) is 64.8 Å². The number of hydrogen-bond donors (Lipinski definition) is 1. The van der Waals surface area contributed by atoms with Crippen LogP contribution in [0.15, 0.2) is 53.4 Å². The van der Waals surface area contributed by atoms with Crippen molar-refractivity contribution >= 4 is 43.3 Å². The molecule has 1 heterocycles. The SMILES string of the molecule is CN(C(=O)COC(=O)c1ccc(Cl)c(S(=O)(=O)NCc2ccccc2)c1)[C@@H]1CCS(=O)(=O)C1. The molecule has 0 spiro atoms. The highest BCUT2D eigenvalue weighted by atomic mass is 35.5. The van der Waals surface area contributed by atoms with Gasteiger partial charge in [-0.25, -0.2) is 26.4 Å². The number of nitrogens with one attached hydrogen (secondary N) is 1. The number of hydrogen-bond acceptors (Lipinski definition) is 7. The standard InChI is InChI=1S/C21H23ClN2O7S2/c1-24(17-9-10-32(27,28)14-17)20(25)13-31-21(26)16-7-8-18(22)19(11-16)33(29,30)23-12-15-5-3-2-4-6-15/h2-8,11,17,23H,9-10,12-14H2,1H3/t17-/m1/s1. The minimum atomic E-state index is -4.03. The van der Waals surface area contributed by atoms with Crippen LogP contribution in [-0.2, 0) is 35.9 Å². The average molecular weight is 515 g/mol. The van der Waals surface area contributed by atoms with E-state index in [0.717, 1.165) is 11.6 Å². The van der Waals surface area contributed by atoms with E-state index in [-0.39, 0.29) is 33.5 Å². The van der Waals surface area contributed by atoms with Gasteiger partial charge in [-0.15, -0.1) is 0 Å². The normalized spacial score (nSPS) is 17.5. The average Bonchev–Trinajstić information content (AvgIpc) is 3.15. The second-order valence-electron chi connectivity index (χ2n) is 7.59. The Kier molecular flexibility index (Phi) is 7.78. The van der Waals surface area contributed by atoms with Gasteiger partial charge in [-0.05, 0) is 30.2 Å². The Morgan fingerprint density at radius 3 is 2.52 bits per heavy atom. The van der Waals surface area contributed by atoms with Crippen molar-refractivity contribution in [2.45, 2.75) is 23.9 Å². The van der Waals surface area contributed by atoms with Crippen molar-refractivity contribution < 1.29 is 31.2 Å². The van der Waals surface area contributed by atoms with Gasteiger partial charge in [0.15, 0.2) is 16.4 Å². The Labute approximate surface area is 197 Å². The number of ether oxygens (including phenoxy) is 1. The van der Waals surface area contributed by atoms with Gasteiger partial charge >= 0.3 is 5.97 Å². The van der Waals surface area contributed by atoms with Gasteiger partial charge in [0.2, 0.25) is 10.0 Å². The third-order valence-electron chi connectivity index (χ3n) is 5.24. The van der Waals surface area contributed by atoms with Crippen LogP contribution in [0.4, 0.5) is 0 Å². The summed E-state index contributed by atoms with van der Waals surface area (Å²) in [6, 6.07) is 12.0. The molecule has 1 N–H and O–H groups in total. The maximum atomic E-state index is 12.7. The number of halogens is 1. The van der Waals surface area contributed by atoms with Gasteiger partial charge in [-0.2, -0.15) is 0 Å². The third-order valence-corrected chi connectivity index (χ3v) is 8.87. The quantitative estimate of drug-likeness (QED) is 0.530. The number of benzene rings is 2. The minimum Gasteiger partial charge on any atom is -0.452 e. The number of likely N-dealkylation sites (N-methyl/N-ethyl adjacent to an activating group) is 1. The summed E-state index contributed by atoms with van der Waals surface area (Å²) in [6.45, 7) is -0.575. The van der Waals surface area contributed by atoms with E-state index in [1.807, 2.05) is 6.07 Å². The molecule has 0 unspecified atom stereocenters. The molecular formula is C21H23ClN2O7S2. The summed E-state index contributed by atoms with van der Waals surface area (Å²) >= 11 is 6.05. The molecule has 1 aliphatic heterocycles. The molecule has 3 rings (SSSR count). The summed E-state index contributed by atoms with van der Waals surface area (Å²) in [7, 11) is -5.75. The van der Waals surface area contributed by atoms with E-state index in [1.54, 1.807) is 24.3 Å². The van der Waals surface area contributed by atoms with Crippen LogP contribution in [0.2, 0.25) is 5.02 Å². The van der Waals surface area contributed by atoms with Crippen molar-refractivity contribution in [2.24, 2.45) is 0 Å². The summed E-state index contributed by atoms with van der Waals surface area (Å²) < 4.78 is 56.0. The van der Waals surface area contributed by atoms with Crippen LogP contribution in [0.25, 0.3) is 0 Å². The first-order chi connectivity index (χ1) is 15.5. The number of esters is 1. The smallest absolute Gasteiger partial charge is 0.338 e. The van der Waals surface area contributed by atoms with Crippen LogP contribution < -0.4 is 4.72 Å². The van der Waals surface area contributed by atoms with Crippen LogP contribution in [0.5, 0.6) is 0 Å². The van der Waals surface area contributed by atoms with Crippen LogP contribution in [0.3, 0.4) is 0 Å². The zero-order chi connectivity index (χ0) is 24.2. The van der Waals surface area contributed by atoms with Crippen LogP contribution in [0.1, 0.15) is 22.3 Å². The fraction of sp³-hybridized carbons (Fsp3) is 0.333. The molecular weight excluding hydrogens is 492 g/mol. The Bertz CT molecular complexity index is 1250. The highest BCUT2D eigenvalue weighted by Gasteiger charge is 2.33. The number of amides is 1. The maximum Gasteiger partial charge on any atom is 0.338 e. The molecule has 1 fully saturated rings. The molecule has 9 nitrogen and oxygen atoms in total. The fourth-order valence-corrected chi connectivity index (χ4v) is 6.60. The summed E-state index contributed by atoms with van der Waals surface area (Å²) in [6.07, 6.45) is 0.326. The molecule has 2 aromatic rings. The summed E-state index contributed by atoms with van der Waals surface area (Å²) in [5, 5.41) is -0.0784. The third kappa shape index (κ3) is 6.53. The van der Waals surface area contributed by atoms with E-state index < -0.39 is 44.4 Å². The number of sulfone groups is 1. The number of rotatable bonds is 8. The molecule has 178 valence electrons. The van der Waals surface area contributed by atoms with Crippen molar-refractivity contribution in [3.63, 3.8) is 0 Å². The van der Waals surface area contributed by atoms with Gasteiger partial charge < -0.3 is 9.64 Å². The molecule has 33 heavy (non-hydrogen) atoms. The predicted molar refractivity (Wildman–Crippen MR) is 122 cm³/mol. The van der Waals surface area contributed by atoms with E-state index in [1.165, 1.54) is 24.1 Å². The Balaban J connectivity index is 1.64. The maximum absolute atomic E-state index is 12.7. The van der Waals surface area contributed by atoms with Gasteiger partial charge in [-0.1, -0.05) is 41.9 Å². The molecule has 1 saturated heterocycles. The molecule has 1 aliphatic rings. The first-order valence-corrected chi connectivity index (χ1v) is 13.6. The first kappa shape index (κ1) is 25.2. The van der Waals surface area contributed by atoms with E-state index >= 15 is 0 Å². The van der Waals surface area contributed by atoms with Crippen molar-refractivity contribution in [1.29, 1.82) is 0 Å². The number of carbonyl (C=O) groups is 2. The Morgan fingerprint density at radius 2 is 1.88 bits per heavy atom. The molecule has 0 aliphatic carbocycles. The second-order valence-corrected chi connectivity index (χ2v) is 12.0. The van der Waals surface area contributed by atoms with Gasteiger partial charge in [0.25, 0.3) is 5.91 Å². The number of sulfonamides is 1. The summed E-state index contributed by atoms with van der Waals surface area (Å²) in [5.41, 5.74) is 0.642. The highest BCUT2D eigenvalue weighted by molar-refractivity contribution is 7.91. The first-order valence-electron chi connectivity index (χ1n) is 9.95. The number of nitrogens with zero attached hydrogens (tertiary/aromatic N) is 1. The molecule has 0 aromatic heterocycles. The monoisotopic (exact) mass is 514 g/mol. The van der Waals surface area contributed by atoms with Crippen LogP contribution in [0, 0.1) is 0 Å². The molecule has 1 amide bonds. The van der Waals surface area contributed by atoms with Gasteiger partial charge in [-0.3, -0.25) is 4.79 Å².